The van der Waals surface area contributed by atoms with E-state index in [4.69, 9.17) is 14.2 Å². The van der Waals surface area contributed by atoms with Crippen LogP contribution in [-0.4, -0.2) is 100 Å². The van der Waals surface area contributed by atoms with Gasteiger partial charge in [0.2, 0.25) is 5.91 Å². The van der Waals surface area contributed by atoms with E-state index in [0.29, 0.717) is 19.4 Å². The summed E-state index contributed by atoms with van der Waals surface area (Å²) >= 11 is 0. The Bertz CT molecular complexity index is 1480. The maximum Gasteiger partial charge on any atom is 0.305 e. The highest BCUT2D eigenvalue weighted by molar-refractivity contribution is 5.76. The van der Waals surface area contributed by atoms with Crippen molar-refractivity contribution in [1.82, 2.24) is 5.32 Å². The van der Waals surface area contributed by atoms with Crippen LogP contribution in [0.25, 0.3) is 0 Å². The molecular formula is C67H121NO10. The quantitative estimate of drug-likeness (QED) is 0.0195. The van der Waals surface area contributed by atoms with Gasteiger partial charge in [-0.05, 0) is 103 Å². The lowest BCUT2D eigenvalue weighted by Crippen LogP contribution is -2.60. The molecule has 6 N–H and O–H groups in total. The van der Waals surface area contributed by atoms with Gasteiger partial charge in [0.25, 0.3) is 0 Å². The smallest absolute Gasteiger partial charge is 0.305 e. The fourth-order valence-corrected chi connectivity index (χ4v) is 9.89. The molecular weight excluding hydrogens is 979 g/mol. The van der Waals surface area contributed by atoms with Gasteiger partial charge in [0, 0.05) is 12.8 Å². The lowest BCUT2D eigenvalue weighted by molar-refractivity contribution is -0.302. The van der Waals surface area contributed by atoms with Gasteiger partial charge in [-0.1, -0.05) is 235 Å². The minimum absolute atomic E-state index is 0.00991. The van der Waals surface area contributed by atoms with Gasteiger partial charge < -0.3 is 45.1 Å². The van der Waals surface area contributed by atoms with Crippen molar-refractivity contribution in [3.63, 3.8) is 0 Å². The van der Waals surface area contributed by atoms with Crippen molar-refractivity contribution in [3.05, 3.63) is 60.8 Å². The number of aliphatic hydroxyl groups excluding tert-OH is 5. The zero-order chi connectivity index (χ0) is 56.6. The van der Waals surface area contributed by atoms with Gasteiger partial charge in [-0.15, -0.1) is 0 Å². The van der Waals surface area contributed by atoms with E-state index >= 15 is 0 Å². The minimum atomic E-state index is -1.58. The molecule has 0 aromatic carbocycles. The molecule has 454 valence electrons. The molecule has 0 bridgehead atoms. The van der Waals surface area contributed by atoms with Crippen molar-refractivity contribution in [3.8, 4) is 0 Å². The number of ether oxygens (including phenoxy) is 3. The maximum atomic E-state index is 13.0. The van der Waals surface area contributed by atoms with Gasteiger partial charge in [0.15, 0.2) is 6.29 Å². The Morgan fingerprint density at radius 3 is 1.37 bits per heavy atom. The highest BCUT2D eigenvalue weighted by Gasteiger charge is 2.44. The van der Waals surface area contributed by atoms with E-state index < -0.39 is 49.5 Å². The molecule has 0 aromatic heterocycles. The van der Waals surface area contributed by atoms with E-state index in [9.17, 15) is 35.1 Å². The molecule has 0 aliphatic carbocycles. The predicted molar refractivity (Wildman–Crippen MR) is 324 cm³/mol. The molecule has 1 amide bonds. The van der Waals surface area contributed by atoms with Gasteiger partial charge in [-0.3, -0.25) is 9.59 Å². The fraction of sp³-hybridized carbons (Fsp3) is 0.821. The third kappa shape index (κ3) is 45.0. The number of esters is 1. The second kappa shape index (κ2) is 56.2. The van der Waals surface area contributed by atoms with Crippen LogP contribution in [0.4, 0.5) is 0 Å². The normalized spacial score (nSPS) is 18.9. The first-order valence-corrected chi connectivity index (χ1v) is 32.6. The summed E-state index contributed by atoms with van der Waals surface area (Å²) in [4.78, 5) is 25.1. The average molecular weight is 1100 g/mol. The summed E-state index contributed by atoms with van der Waals surface area (Å²) < 4.78 is 16.7. The molecule has 0 saturated carbocycles. The molecule has 7 atom stereocenters. The van der Waals surface area contributed by atoms with Crippen molar-refractivity contribution < 1.29 is 49.3 Å². The van der Waals surface area contributed by atoms with Crippen LogP contribution >= 0.6 is 0 Å². The number of hydrogen-bond acceptors (Lipinski definition) is 10. The van der Waals surface area contributed by atoms with E-state index in [1.54, 1.807) is 6.08 Å². The van der Waals surface area contributed by atoms with E-state index in [2.05, 4.69) is 67.8 Å². The summed E-state index contributed by atoms with van der Waals surface area (Å²) in [6.07, 6.45) is 63.5. The summed E-state index contributed by atoms with van der Waals surface area (Å²) in [5.41, 5.74) is 0. The lowest BCUT2D eigenvalue weighted by atomic mass is 9.99. The maximum absolute atomic E-state index is 13.0. The highest BCUT2D eigenvalue weighted by Crippen LogP contribution is 2.23. The van der Waals surface area contributed by atoms with Crippen LogP contribution in [0.2, 0.25) is 0 Å². The number of carbonyl (C=O) groups is 2. The van der Waals surface area contributed by atoms with Gasteiger partial charge in [-0.2, -0.15) is 0 Å². The molecule has 78 heavy (non-hydrogen) atoms. The molecule has 1 fully saturated rings. The van der Waals surface area contributed by atoms with Crippen molar-refractivity contribution in [1.29, 1.82) is 0 Å². The molecule has 0 spiro atoms. The van der Waals surface area contributed by atoms with Crippen LogP contribution in [-0.2, 0) is 23.8 Å². The number of amides is 1. The molecule has 1 aliphatic rings. The minimum Gasteiger partial charge on any atom is -0.466 e. The molecule has 11 heteroatoms. The molecule has 1 aliphatic heterocycles. The second-order valence-electron chi connectivity index (χ2n) is 22.4. The van der Waals surface area contributed by atoms with Crippen LogP contribution in [0.3, 0.4) is 0 Å². The molecule has 0 aromatic rings. The SMILES string of the molecule is CCCCC/C=C/CC/C=C/C(O)C(COC1OC(CO)C(O)C(O)C1O)NC(=O)CCCCCCCCCCC/C=C\C/C=C\CCCCCCCCCCCOC(=O)CCCCCCC/C=C\CCCCCCCCC. The average Bonchev–Trinajstić information content (AvgIpc) is 3.44. The number of unbranched alkanes of at least 4 members (excludes halogenated alkanes) is 34. The van der Waals surface area contributed by atoms with Gasteiger partial charge in [-0.25, -0.2) is 0 Å². The molecule has 0 radical (unpaired) electrons. The first-order chi connectivity index (χ1) is 38.2. The van der Waals surface area contributed by atoms with Crippen LogP contribution < -0.4 is 5.32 Å². The Morgan fingerprint density at radius 2 is 0.872 bits per heavy atom. The number of aliphatic hydroxyl groups is 5. The topological polar surface area (TPSA) is 175 Å². The Balaban J connectivity index is 1.98. The first-order valence-electron chi connectivity index (χ1n) is 32.6. The van der Waals surface area contributed by atoms with Crippen molar-refractivity contribution in [2.45, 2.75) is 333 Å². The Labute approximate surface area is 478 Å². The summed E-state index contributed by atoms with van der Waals surface area (Å²) in [6.45, 7) is 4.26. The van der Waals surface area contributed by atoms with E-state index in [0.717, 1.165) is 83.5 Å². The first kappa shape index (κ1) is 73.4. The van der Waals surface area contributed by atoms with Crippen LogP contribution in [0.5, 0.6) is 0 Å². The van der Waals surface area contributed by atoms with Crippen molar-refractivity contribution >= 4 is 11.9 Å². The summed E-state index contributed by atoms with van der Waals surface area (Å²) in [5.74, 6) is -0.211. The number of nitrogens with one attached hydrogen (secondary N) is 1. The zero-order valence-electron chi connectivity index (χ0n) is 50.1. The van der Waals surface area contributed by atoms with Crippen molar-refractivity contribution in [2.24, 2.45) is 0 Å². The van der Waals surface area contributed by atoms with E-state index in [1.165, 1.54) is 180 Å². The lowest BCUT2D eigenvalue weighted by Gasteiger charge is -2.40. The zero-order valence-corrected chi connectivity index (χ0v) is 50.1. The number of rotatable bonds is 56. The van der Waals surface area contributed by atoms with Gasteiger partial charge >= 0.3 is 5.97 Å². The molecule has 1 heterocycles. The van der Waals surface area contributed by atoms with Crippen LogP contribution in [0.15, 0.2) is 60.8 Å². The third-order valence-corrected chi connectivity index (χ3v) is 15.1. The predicted octanol–water partition coefficient (Wildman–Crippen LogP) is 15.8. The number of hydrogen-bond donors (Lipinski definition) is 6. The largest absolute Gasteiger partial charge is 0.466 e. The highest BCUT2D eigenvalue weighted by atomic mass is 16.7. The molecule has 11 nitrogen and oxygen atoms in total. The number of allylic oxidation sites excluding steroid dienone is 9. The monoisotopic (exact) mass is 1100 g/mol. The summed E-state index contributed by atoms with van der Waals surface area (Å²) in [5, 5.41) is 54.2. The summed E-state index contributed by atoms with van der Waals surface area (Å²) in [7, 11) is 0. The molecule has 1 rings (SSSR count). The van der Waals surface area contributed by atoms with Crippen LogP contribution in [0.1, 0.15) is 290 Å². The van der Waals surface area contributed by atoms with Crippen molar-refractivity contribution in [2.75, 3.05) is 19.8 Å². The Morgan fingerprint density at radius 1 is 0.474 bits per heavy atom. The fourth-order valence-electron chi connectivity index (χ4n) is 9.89. The Kier molecular flexibility index (Phi) is 52.9. The second-order valence-corrected chi connectivity index (χ2v) is 22.4. The third-order valence-electron chi connectivity index (χ3n) is 15.1. The molecule has 1 saturated heterocycles. The van der Waals surface area contributed by atoms with E-state index in [1.807, 2.05) is 6.08 Å². The summed E-state index contributed by atoms with van der Waals surface area (Å²) in [6, 6.07) is -0.832. The standard InChI is InChI=1S/C67H121NO10/c1-3-5-7-9-11-13-14-15-16-29-32-35-39-43-47-51-55-63(72)76-56-52-48-44-40-36-33-30-27-25-23-21-19-17-18-20-22-24-26-28-31-34-38-42-46-50-54-62(71)68-59(60(70)53-49-45-41-37-12-10-8-6-4-2)58-77-67-66(75)65(74)64(73)61(57-69)78-67/h12,16,18-21,29,37,49,53,59-61,64-67,69-70,73-75H,3-11,13-15,17,22-28,30-36,38-48,50-52,54-58H2,1-2H3,(H,68,71)/b20-18-,21-19-,29-16-,37-12+,53-49+. The van der Waals surface area contributed by atoms with E-state index in [-0.39, 0.29) is 18.5 Å². The van der Waals surface area contributed by atoms with Gasteiger partial charge in [0.1, 0.15) is 24.4 Å². The molecule has 7 unspecified atom stereocenters. The Hall–Kier alpha value is -2.64. The van der Waals surface area contributed by atoms with Crippen LogP contribution in [0, 0.1) is 0 Å². The number of carbonyl (C=O) groups excluding carboxylic acids is 2. The van der Waals surface area contributed by atoms with Gasteiger partial charge in [0.05, 0.1) is 32.0 Å².